The van der Waals surface area contributed by atoms with Gasteiger partial charge in [0.1, 0.15) is 0 Å². The molecule has 54 valence electrons. The summed E-state index contributed by atoms with van der Waals surface area (Å²) < 4.78 is 7.30. The summed E-state index contributed by atoms with van der Waals surface area (Å²) in [5.41, 5.74) is 0.395. The Morgan fingerprint density at radius 1 is 1.55 bits per heavy atom. The number of rotatable bonds is 0. The van der Waals surface area contributed by atoms with Gasteiger partial charge in [0.15, 0.2) is 0 Å². The summed E-state index contributed by atoms with van der Waals surface area (Å²) in [5, 5.41) is 0.522. The van der Waals surface area contributed by atoms with Crippen LogP contribution in [0.5, 0.6) is 0 Å². The van der Waals surface area contributed by atoms with E-state index in [1.807, 2.05) is 0 Å². The fourth-order valence-corrected chi connectivity index (χ4v) is 0.959. The van der Waals surface area contributed by atoms with Crippen LogP contribution in [0.1, 0.15) is 1.37 Å². The van der Waals surface area contributed by atoms with E-state index in [1.165, 1.54) is 6.33 Å². The Morgan fingerprint density at radius 3 is 3.36 bits per heavy atom. The van der Waals surface area contributed by atoms with Crippen LogP contribution in [0.3, 0.4) is 0 Å². The molecular formula is C8H6N2O. The SMILES string of the molecule is [2H]c1ccc2c(=O)[nH]cnc2c1. The van der Waals surface area contributed by atoms with Crippen molar-refractivity contribution in [3.05, 3.63) is 40.9 Å². The van der Waals surface area contributed by atoms with Crippen LogP contribution in [0, 0.1) is 0 Å². The summed E-state index contributed by atoms with van der Waals surface area (Å²) in [7, 11) is 0. The van der Waals surface area contributed by atoms with Gasteiger partial charge in [0.2, 0.25) is 0 Å². The van der Waals surface area contributed by atoms with Crippen LogP contribution in [0.25, 0.3) is 10.9 Å². The molecule has 0 saturated carbocycles. The molecule has 1 N–H and O–H groups in total. The summed E-state index contributed by atoms with van der Waals surface area (Å²) in [5.74, 6) is 0. The Bertz CT molecular complexity index is 478. The fraction of sp³-hybridized carbons (Fsp3) is 0. The fourth-order valence-electron chi connectivity index (χ4n) is 0.959. The maximum atomic E-state index is 11.1. The van der Waals surface area contributed by atoms with Crippen LogP contribution in [-0.2, 0) is 0 Å². The van der Waals surface area contributed by atoms with Crippen LogP contribution >= 0.6 is 0 Å². The van der Waals surface area contributed by atoms with E-state index < -0.39 is 0 Å². The molecule has 0 radical (unpaired) electrons. The minimum Gasteiger partial charge on any atom is -0.313 e. The zero-order valence-corrected chi connectivity index (χ0v) is 5.66. The second-order valence-corrected chi connectivity index (χ2v) is 2.17. The molecule has 0 unspecified atom stereocenters. The molecule has 0 aliphatic heterocycles. The predicted molar refractivity (Wildman–Crippen MR) is 42.4 cm³/mol. The number of hydrogen-bond donors (Lipinski definition) is 1. The van der Waals surface area contributed by atoms with E-state index in [-0.39, 0.29) is 5.56 Å². The Hall–Kier alpha value is -1.64. The average molecular weight is 147 g/mol. The van der Waals surface area contributed by atoms with Crippen LogP contribution in [-0.4, -0.2) is 9.97 Å². The Balaban J connectivity index is 2.96. The molecule has 2 rings (SSSR count). The van der Waals surface area contributed by atoms with E-state index in [1.54, 1.807) is 18.2 Å². The van der Waals surface area contributed by atoms with Crippen molar-refractivity contribution in [2.75, 3.05) is 0 Å². The molecular weight excluding hydrogens is 140 g/mol. The van der Waals surface area contributed by atoms with Gasteiger partial charge >= 0.3 is 0 Å². The number of fused-ring (bicyclic) bond motifs is 1. The zero-order chi connectivity index (χ0) is 8.55. The molecule has 0 bridgehead atoms. The van der Waals surface area contributed by atoms with E-state index in [0.29, 0.717) is 16.9 Å². The Morgan fingerprint density at radius 2 is 2.45 bits per heavy atom. The van der Waals surface area contributed by atoms with Crippen molar-refractivity contribution in [3.8, 4) is 0 Å². The molecule has 0 spiro atoms. The molecule has 0 amide bonds. The minimum atomic E-state index is -0.167. The quantitative estimate of drug-likeness (QED) is 0.602. The molecule has 1 heterocycles. The van der Waals surface area contributed by atoms with E-state index in [2.05, 4.69) is 9.97 Å². The maximum Gasteiger partial charge on any atom is 0.258 e. The van der Waals surface area contributed by atoms with Gasteiger partial charge in [0.05, 0.1) is 18.6 Å². The molecule has 3 nitrogen and oxygen atoms in total. The highest BCUT2D eigenvalue weighted by Crippen LogP contribution is 2.02. The molecule has 0 atom stereocenters. The van der Waals surface area contributed by atoms with Crippen molar-refractivity contribution in [1.82, 2.24) is 9.97 Å². The number of nitrogens with one attached hydrogen (secondary N) is 1. The number of hydrogen-bond acceptors (Lipinski definition) is 2. The first kappa shape index (κ1) is 5.07. The Labute approximate surface area is 64.1 Å². The van der Waals surface area contributed by atoms with Gasteiger partial charge in [-0.2, -0.15) is 0 Å². The normalized spacial score (nSPS) is 11.5. The molecule has 0 aliphatic rings. The van der Waals surface area contributed by atoms with E-state index in [4.69, 9.17) is 1.37 Å². The lowest BCUT2D eigenvalue weighted by Crippen LogP contribution is -2.05. The largest absolute Gasteiger partial charge is 0.313 e. The maximum absolute atomic E-state index is 11.1. The lowest BCUT2D eigenvalue weighted by atomic mass is 10.2. The number of nitrogens with zero attached hydrogens (tertiary/aromatic N) is 1. The number of H-pyrrole nitrogens is 1. The van der Waals surface area contributed by atoms with Crippen LogP contribution in [0.4, 0.5) is 0 Å². The lowest BCUT2D eigenvalue weighted by Gasteiger charge is -1.91. The predicted octanol–water partition coefficient (Wildman–Crippen LogP) is 0.923. The van der Waals surface area contributed by atoms with Crippen molar-refractivity contribution in [1.29, 1.82) is 0 Å². The van der Waals surface area contributed by atoms with E-state index >= 15 is 0 Å². The second-order valence-electron chi connectivity index (χ2n) is 2.17. The minimum absolute atomic E-state index is 0.167. The summed E-state index contributed by atoms with van der Waals surface area (Å²) in [4.78, 5) is 17.5. The summed E-state index contributed by atoms with van der Waals surface area (Å²) >= 11 is 0. The van der Waals surface area contributed by atoms with E-state index in [9.17, 15) is 4.79 Å². The molecule has 1 aromatic carbocycles. The van der Waals surface area contributed by atoms with Gasteiger partial charge in [0, 0.05) is 0 Å². The van der Waals surface area contributed by atoms with Gasteiger partial charge in [-0.15, -0.1) is 0 Å². The average Bonchev–Trinajstić information content (AvgIpc) is 2.04. The van der Waals surface area contributed by atoms with Crippen molar-refractivity contribution in [3.63, 3.8) is 0 Å². The molecule has 0 fully saturated rings. The first-order valence-corrected chi connectivity index (χ1v) is 3.21. The molecule has 0 saturated heterocycles. The van der Waals surface area contributed by atoms with Crippen molar-refractivity contribution in [2.45, 2.75) is 0 Å². The van der Waals surface area contributed by atoms with E-state index in [0.717, 1.165) is 0 Å². The third-order valence-corrected chi connectivity index (χ3v) is 1.49. The zero-order valence-electron chi connectivity index (χ0n) is 6.66. The number of benzene rings is 1. The first-order chi connectivity index (χ1) is 5.77. The molecule has 0 aliphatic carbocycles. The van der Waals surface area contributed by atoms with Crippen molar-refractivity contribution >= 4 is 10.9 Å². The summed E-state index contributed by atoms with van der Waals surface area (Å²) in [6, 6.07) is 5.09. The third-order valence-electron chi connectivity index (χ3n) is 1.49. The van der Waals surface area contributed by atoms with Crippen LogP contribution < -0.4 is 5.56 Å². The van der Waals surface area contributed by atoms with Crippen LogP contribution in [0.2, 0.25) is 0 Å². The smallest absolute Gasteiger partial charge is 0.258 e. The van der Waals surface area contributed by atoms with Crippen LogP contribution in [0.15, 0.2) is 35.4 Å². The highest BCUT2D eigenvalue weighted by Gasteiger charge is 1.94. The van der Waals surface area contributed by atoms with Gasteiger partial charge < -0.3 is 4.98 Å². The molecule has 3 heteroatoms. The number of aromatic nitrogens is 2. The van der Waals surface area contributed by atoms with Gasteiger partial charge in [-0.3, -0.25) is 4.79 Å². The van der Waals surface area contributed by atoms with Gasteiger partial charge in [-0.25, -0.2) is 4.98 Å². The summed E-state index contributed by atoms with van der Waals surface area (Å²) in [6.45, 7) is 0. The standard InChI is InChI=1S/C8H6N2O/c11-8-6-3-1-2-4-7(6)9-5-10-8/h1-5H,(H,9,10,11)/i2D. The van der Waals surface area contributed by atoms with Crippen molar-refractivity contribution in [2.24, 2.45) is 0 Å². The number of aromatic amines is 1. The lowest BCUT2D eigenvalue weighted by molar-refractivity contribution is 1.17. The van der Waals surface area contributed by atoms with Gasteiger partial charge in [-0.1, -0.05) is 12.1 Å². The summed E-state index contributed by atoms with van der Waals surface area (Å²) in [6.07, 6.45) is 1.34. The first-order valence-electron chi connectivity index (χ1n) is 3.71. The van der Waals surface area contributed by atoms with Gasteiger partial charge in [-0.05, 0) is 12.1 Å². The molecule has 11 heavy (non-hydrogen) atoms. The number of para-hydroxylation sites is 1. The third kappa shape index (κ3) is 0.902. The van der Waals surface area contributed by atoms with Crippen molar-refractivity contribution < 1.29 is 1.37 Å². The highest BCUT2D eigenvalue weighted by atomic mass is 16.1. The second kappa shape index (κ2) is 2.20. The molecule has 2 aromatic rings. The van der Waals surface area contributed by atoms with Gasteiger partial charge in [0.25, 0.3) is 5.56 Å². The monoisotopic (exact) mass is 147 g/mol. The highest BCUT2D eigenvalue weighted by molar-refractivity contribution is 5.76. The topological polar surface area (TPSA) is 45.8 Å². The molecule has 1 aromatic heterocycles. The Kier molecular flexibility index (Phi) is 1.01.